The molecule has 0 aliphatic carbocycles. The van der Waals surface area contributed by atoms with Crippen LogP contribution in [0.4, 0.5) is 5.69 Å². The maximum atomic E-state index is 6.24. The largest absolute Gasteiger partial charge is 0.384 e. The number of nitrogens with one attached hydrogen (secondary N) is 1. The predicted molar refractivity (Wildman–Crippen MR) is 115 cm³/mol. The van der Waals surface area contributed by atoms with Gasteiger partial charge in [0.05, 0.1) is 24.4 Å². The summed E-state index contributed by atoms with van der Waals surface area (Å²) in [6, 6.07) is 11.9. The lowest BCUT2D eigenvalue weighted by Gasteiger charge is -2.26. The number of nitrogens with zero attached hydrogens (tertiary/aromatic N) is 3. The summed E-state index contributed by atoms with van der Waals surface area (Å²) in [6.07, 6.45) is 5.88. The van der Waals surface area contributed by atoms with Gasteiger partial charge >= 0.3 is 0 Å². The van der Waals surface area contributed by atoms with Gasteiger partial charge in [-0.05, 0) is 55.8 Å². The van der Waals surface area contributed by atoms with Gasteiger partial charge in [0.15, 0.2) is 0 Å². The lowest BCUT2D eigenvalue weighted by molar-refractivity contribution is 0.0373. The highest BCUT2D eigenvalue weighted by Crippen LogP contribution is 2.30. The molecule has 1 aromatic carbocycles. The van der Waals surface area contributed by atoms with Crippen molar-refractivity contribution < 1.29 is 4.74 Å². The molecule has 0 unspecified atom stereocenters. The molecule has 1 aliphatic heterocycles. The maximum Gasteiger partial charge on any atom is 0.0731 e. The van der Waals surface area contributed by atoms with Crippen LogP contribution < -0.4 is 5.32 Å². The van der Waals surface area contributed by atoms with Crippen molar-refractivity contribution in [1.82, 2.24) is 14.9 Å². The Labute approximate surface area is 170 Å². The molecule has 0 radical (unpaired) electrons. The SMILES string of the molecule is Clc1ccc2nc(-c3ccncc3)cc(NCCCCN3CCOCC3)c2c1. The van der Waals surface area contributed by atoms with Crippen LogP contribution in [0.2, 0.25) is 5.02 Å². The summed E-state index contributed by atoms with van der Waals surface area (Å²) in [7, 11) is 0. The molecule has 0 bridgehead atoms. The molecule has 1 saturated heterocycles. The van der Waals surface area contributed by atoms with Crippen molar-refractivity contribution in [2.45, 2.75) is 12.8 Å². The van der Waals surface area contributed by atoms with Crippen LogP contribution in [-0.2, 0) is 4.74 Å². The molecule has 0 saturated carbocycles. The van der Waals surface area contributed by atoms with Crippen LogP contribution in [-0.4, -0.2) is 54.3 Å². The second-order valence-corrected chi connectivity index (χ2v) is 7.48. The number of aromatic nitrogens is 2. The van der Waals surface area contributed by atoms with E-state index in [2.05, 4.69) is 21.3 Å². The van der Waals surface area contributed by atoms with E-state index in [1.165, 1.54) is 6.42 Å². The summed E-state index contributed by atoms with van der Waals surface area (Å²) in [5, 5.41) is 5.38. The first-order chi connectivity index (χ1) is 13.8. The van der Waals surface area contributed by atoms with Crippen LogP contribution in [0.3, 0.4) is 0 Å². The van der Waals surface area contributed by atoms with Crippen molar-refractivity contribution in [3.8, 4) is 11.3 Å². The number of fused-ring (bicyclic) bond motifs is 1. The first-order valence-corrected chi connectivity index (χ1v) is 10.2. The minimum atomic E-state index is 0.723. The Morgan fingerprint density at radius 2 is 1.86 bits per heavy atom. The monoisotopic (exact) mass is 396 g/mol. The minimum Gasteiger partial charge on any atom is -0.384 e. The highest BCUT2D eigenvalue weighted by atomic mass is 35.5. The average Bonchev–Trinajstić information content (AvgIpc) is 2.75. The van der Waals surface area contributed by atoms with Crippen molar-refractivity contribution in [1.29, 1.82) is 0 Å². The van der Waals surface area contributed by atoms with Crippen molar-refractivity contribution in [2.75, 3.05) is 44.7 Å². The van der Waals surface area contributed by atoms with Gasteiger partial charge in [0.2, 0.25) is 0 Å². The number of morpholine rings is 1. The topological polar surface area (TPSA) is 50.3 Å². The second-order valence-electron chi connectivity index (χ2n) is 7.04. The van der Waals surface area contributed by atoms with Gasteiger partial charge in [-0.15, -0.1) is 0 Å². The van der Waals surface area contributed by atoms with Gasteiger partial charge in [0.1, 0.15) is 0 Å². The molecule has 146 valence electrons. The van der Waals surface area contributed by atoms with E-state index >= 15 is 0 Å². The summed E-state index contributed by atoms with van der Waals surface area (Å²) in [4.78, 5) is 11.4. The third-order valence-electron chi connectivity index (χ3n) is 5.07. The molecule has 0 atom stereocenters. The van der Waals surface area contributed by atoms with Gasteiger partial charge in [-0.25, -0.2) is 4.98 Å². The smallest absolute Gasteiger partial charge is 0.0731 e. The molecule has 1 fully saturated rings. The van der Waals surface area contributed by atoms with Crippen molar-refractivity contribution >= 4 is 28.2 Å². The fourth-order valence-corrected chi connectivity index (χ4v) is 3.70. The first-order valence-electron chi connectivity index (χ1n) is 9.84. The Morgan fingerprint density at radius 3 is 2.68 bits per heavy atom. The molecule has 4 rings (SSSR count). The van der Waals surface area contributed by atoms with Gasteiger partial charge in [-0.2, -0.15) is 0 Å². The number of unbranched alkanes of at least 4 members (excludes halogenated alkanes) is 1. The van der Waals surface area contributed by atoms with Crippen LogP contribution >= 0.6 is 11.6 Å². The average molecular weight is 397 g/mol. The van der Waals surface area contributed by atoms with Gasteiger partial charge in [0.25, 0.3) is 0 Å². The standard InChI is InChI=1S/C22H25ClN4O/c23-18-3-4-20-19(15-18)22(16-21(26-20)17-5-8-24-9-6-17)25-7-1-2-10-27-11-13-28-14-12-27/h3-6,8-9,15-16H,1-2,7,10-14H2,(H,25,26). The summed E-state index contributed by atoms with van der Waals surface area (Å²) < 4.78 is 5.41. The summed E-state index contributed by atoms with van der Waals surface area (Å²) in [5.41, 5.74) is 4.01. The number of ether oxygens (including phenoxy) is 1. The molecule has 1 N–H and O–H groups in total. The minimum absolute atomic E-state index is 0.723. The summed E-state index contributed by atoms with van der Waals surface area (Å²) >= 11 is 6.24. The van der Waals surface area contributed by atoms with E-state index in [0.29, 0.717) is 0 Å². The van der Waals surface area contributed by atoms with Gasteiger partial charge in [-0.1, -0.05) is 11.6 Å². The van der Waals surface area contributed by atoms with Crippen LogP contribution in [0, 0.1) is 0 Å². The number of anilines is 1. The molecule has 3 aromatic rings. The molecule has 0 amide bonds. The highest BCUT2D eigenvalue weighted by Gasteiger charge is 2.10. The van der Waals surface area contributed by atoms with Gasteiger partial charge in [0, 0.05) is 53.7 Å². The van der Waals surface area contributed by atoms with Crippen LogP contribution in [0.5, 0.6) is 0 Å². The Kier molecular flexibility index (Phi) is 6.37. The summed E-state index contributed by atoms with van der Waals surface area (Å²) in [6.45, 7) is 5.88. The number of rotatable bonds is 7. The van der Waals surface area contributed by atoms with E-state index < -0.39 is 0 Å². The quantitative estimate of drug-likeness (QED) is 0.597. The number of benzene rings is 1. The highest BCUT2D eigenvalue weighted by molar-refractivity contribution is 6.31. The predicted octanol–water partition coefficient (Wildman–Crippen LogP) is 4.47. The van der Waals surface area contributed by atoms with E-state index in [0.717, 1.165) is 78.7 Å². The molecule has 6 heteroatoms. The van der Waals surface area contributed by atoms with Gasteiger partial charge in [-0.3, -0.25) is 9.88 Å². The van der Waals surface area contributed by atoms with Crippen molar-refractivity contribution in [2.24, 2.45) is 0 Å². The third-order valence-corrected chi connectivity index (χ3v) is 5.30. The zero-order valence-corrected chi connectivity index (χ0v) is 16.7. The maximum absolute atomic E-state index is 6.24. The van der Waals surface area contributed by atoms with E-state index in [-0.39, 0.29) is 0 Å². The molecule has 28 heavy (non-hydrogen) atoms. The van der Waals surface area contributed by atoms with Crippen LogP contribution in [0.25, 0.3) is 22.2 Å². The van der Waals surface area contributed by atoms with Gasteiger partial charge < -0.3 is 10.1 Å². The fourth-order valence-electron chi connectivity index (χ4n) is 3.52. The Bertz CT molecular complexity index is 913. The molecule has 0 spiro atoms. The summed E-state index contributed by atoms with van der Waals surface area (Å²) in [5.74, 6) is 0. The van der Waals surface area contributed by atoms with Crippen LogP contribution in [0.1, 0.15) is 12.8 Å². The third kappa shape index (κ3) is 4.79. The van der Waals surface area contributed by atoms with E-state index in [9.17, 15) is 0 Å². The molecule has 2 aromatic heterocycles. The number of hydrogen-bond donors (Lipinski definition) is 1. The fraction of sp³-hybridized carbons (Fsp3) is 0.364. The molecule has 5 nitrogen and oxygen atoms in total. The Balaban J connectivity index is 1.46. The van der Waals surface area contributed by atoms with Crippen molar-refractivity contribution in [3.63, 3.8) is 0 Å². The molecule has 3 heterocycles. The lowest BCUT2D eigenvalue weighted by Crippen LogP contribution is -2.36. The van der Waals surface area contributed by atoms with E-state index in [1.54, 1.807) is 12.4 Å². The molecular weight excluding hydrogens is 372 g/mol. The second kappa shape index (κ2) is 9.32. The Hall–Kier alpha value is -2.21. The Morgan fingerprint density at radius 1 is 1.04 bits per heavy atom. The zero-order valence-electron chi connectivity index (χ0n) is 15.9. The first kappa shape index (κ1) is 19.1. The van der Waals surface area contributed by atoms with Crippen LogP contribution in [0.15, 0.2) is 48.8 Å². The lowest BCUT2D eigenvalue weighted by atomic mass is 10.1. The van der Waals surface area contributed by atoms with E-state index in [4.69, 9.17) is 21.3 Å². The number of hydrogen-bond acceptors (Lipinski definition) is 5. The zero-order chi connectivity index (χ0) is 19.2. The molecule has 1 aliphatic rings. The molecular formula is C22H25ClN4O. The normalized spacial score (nSPS) is 15.0. The van der Waals surface area contributed by atoms with Crippen molar-refractivity contribution in [3.05, 3.63) is 53.8 Å². The number of halogens is 1. The number of pyridine rings is 2. The van der Waals surface area contributed by atoms with E-state index in [1.807, 2.05) is 30.3 Å².